The zero-order valence-electron chi connectivity index (χ0n) is 6.03. The average molecular weight is 360 g/mol. The fourth-order valence-corrected chi connectivity index (χ4v) is 1.25. The second-order valence-electron chi connectivity index (χ2n) is 1.51. The van der Waals surface area contributed by atoms with Crippen molar-refractivity contribution in [3.63, 3.8) is 0 Å². The van der Waals surface area contributed by atoms with Crippen LogP contribution < -0.4 is 0 Å². The van der Waals surface area contributed by atoms with E-state index in [0.29, 0.717) is 0 Å². The van der Waals surface area contributed by atoms with E-state index in [0.717, 1.165) is 0 Å². The van der Waals surface area contributed by atoms with Gasteiger partial charge in [-0.1, -0.05) is 0 Å². The minimum absolute atomic E-state index is 0. The molecular weight excluding hydrogens is 350 g/mol. The quantitative estimate of drug-likeness (QED) is 0.164. The topological polar surface area (TPSA) is 199 Å². The van der Waals surface area contributed by atoms with Crippen molar-refractivity contribution in [1.29, 1.82) is 0 Å². The summed E-state index contributed by atoms with van der Waals surface area (Å²) in [6, 6.07) is 0. The molecule has 0 atom stereocenters. The summed E-state index contributed by atoms with van der Waals surface area (Å²) in [7, 11) is -14.8. The molecular formula is H10Ca2O11P2S. The number of rotatable bonds is 2. The van der Waals surface area contributed by atoms with Gasteiger partial charge in [0.2, 0.25) is 0 Å². The van der Waals surface area contributed by atoms with Crippen molar-refractivity contribution < 1.29 is 50.5 Å². The second-order valence-corrected chi connectivity index (χ2v) is 5.02. The molecule has 0 aromatic rings. The van der Waals surface area contributed by atoms with Crippen LogP contribution in [0.4, 0.5) is 0 Å². The molecule has 0 aliphatic rings. The van der Waals surface area contributed by atoms with Gasteiger partial charge in [0.1, 0.15) is 0 Å². The molecule has 96 valence electrons. The van der Waals surface area contributed by atoms with Crippen molar-refractivity contribution in [3.8, 4) is 0 Å². The van der Waals surface area contributed by atoms with E-state index >= 15 is 0 Å². The van der Waals surface area contributed by atoms with Crippen LogP contribution in [-0.2, 0) is 23.8 Å². The number of phosphoric acid groups is 2. The molecule has 6 N–H and O–H groups in total. The first kappa shape index (κ1) is 27.1. The van der Waals surface area contributed by atoms with Gasteiger partial charge in [0.15, 0.2) is 0 Å². The Morgan fingerprint density at radius 1 is 0.812 bits per heavy atom. The molecule has 16 heavy (non-hydrogen) atoms. The molecule has 0 aromatic carbocycles. The van der Waals surface area contributed by atoms with Gasteiger partial charge in [0, 0.05) is 0 Å². The molecule has 0 spiro atoms. The van der Waals surface area contributed by atoms with E-state index in [4.69, 9.17) is 37.1 Å². The zero-order valence-corrected chi connectivity index (χ0v) is 8.63. The summed E-state index contributed by atoms with van der Waals surface area (Å²) in [4.78, 5) is 31.0. The summed E-state index contributed by atoms with van der Waals surface area (Å²) in [5, 5.41) is 0. The molecule has 0 fully saturated rings. The third-order valence-corrected chi connectivity index (χ3v) is 1.91. The molecule has 0 rings (SSSR count). The van der Waals surface area contributed by atoms with Crippen LogP contribution in [0.1, 0.15) is 0 Å². The van der Waals surface area contributed by atoms with Crippen molar-refractivity contribution in [1.82, 2.24) is 0 Å². The summed E-state index contributed by atoms with van der Waals surface area (Å²) in [5.41, 5.74) is 0. The maximum absolute atomic E-state index is 9.63. The zero-order chi connectivity index (χ0) is 12.2. The monoisotopic (exact) mass is 360 g/mol. The van der Waals surface area contributed by atoms with Crippen molar-refractivity contribution in [2.24, 2.45) is 0 Å². The maximum atomic E-state index is 9.63. The van der Waals surface area contributed by atoms with Crippen molar-refractivity contribution in [2.75, 3.05) is 0 Å². The molecule has 0 radical (unpaired) electrons. The molecule has 0 saturated carbocycles. The first-order valence-corrected chi connectivity index (χ1v) is 6.69. The summed E-state index contributed by atoms with van der Waals surface area (Å²) in [5.74, 6) is 0. The van der Waals surface area contributed by atoms with E-state index in [1.165, 1.54) is 0 Å². The summed E-state index contributed by atoms with van der Waals surface area (Å²) in [6.07, 6.45) is 0. The second kappa shape index (κ2) is 10.4. The van der Waals surface area contributed by atoms with Crippen LogP contribution in [0.2, 0.25) is 0 Å². The van der Waals surface area contributed by atoms with Gasteiger partial charge in [-0.25, -0.2) is 9.13 Å². The number of hydrogen-bond donors (Lipinski definition) is 6. The molecule has 0 bridgehead atoms. The normalized spacial score (nSPS) is 11.4. The average Bonchev–Trinajstić information content (AvgIpc) is 1.42. The van der Waals surface area contributed by atoms with Gasteiger partial charge < -0.3 is 19.6 Å². The Labute approximate surface area is 150 Å². The van der Waals surface area contributed by atoms with Gasteiger partial charge in [-0.2, -0.15) is 12.7 Å². The molecule has 0 aliphatic heterocycles. The van der Waals surface area contributed by atoms with Gasteiger partial charge in [-0.3, -0.25) is 9.11 Å². The van der Waals surface area contributed by atoms with Crippen molar-refractivity contribution in [2.45, 2.75) is 0 Å². The van der Waals surface area contributed by atoms with Crippen LogP contribution in [0, 0.1) is 0 Å². The Morgan fingerprint density at radius 3 is 0.938 bits per heavy atom. The van der Waals surface area contributed by atoms with Crippen LogP contribution in [0.3, 0.4) is 0 Å². The Kier molecular flexibility index (Phi) is 17.7. The van der Waals surface area contributed by atoms with E-state index in [-0.39, 0.29) is 75.5 Å². The number of hydrogen-bond acceptors (Lipinski definition) is 5. The molecule has 11 nitrogen and oxygen atoms in total. The van der Waals surface area contributed by atoms with E-state index in [2.05, 4.69) is 4.31 Å². The van der Waals surface area contributed by atoms with Crippen LogP contribution in [0.5, 0.6) is 0 Å². The Hall–Kier alpha value is 2.65. The van der Waals surface area contributed by atoms with Crippen molar-refractivity contribution >= 4 is 102 Å². The molecule has 0 aromatic heterocycles. The third kappa shape index (κ3) is 54.5. The first-order valence-electron chi connectivity index (χ1n) is 2.23. The first-order chi connectivity index (χ1) is 5.71. The Balaban J connectivity index is -0.0000000904. The molecule has 0 amide bonds. The fourth-order valence-electron chi connectivity index (χ4n) is 0.139. The summed E-state index contributed by atoms with van der Waals surface area (Å²) < 4.78 is 53.8. The van der Waals surface area contributed by atoms with Crippen LogP contribution >= 0.6 is 15.6 Å². The van der Waals surface area contributed by atoms with E-state index in [1.54, 1.807) is 0 Å². The van der Waals surface area contributed by atoms with Gasteiger partial charge in [0.05, 0.1) is 0 Å². The Morgan fingerprint density at radius 2 is 0.938 bits per heavy atom. The van der Waals surface area contributed by atoms with Crippen molar-refractivity contribution in [3.05, 3.63) is 0 Å². The molecule has 16 heteroatoms. The predicted octanol–water partition coefficient (Wildman–Crippen LogP) is -3.30. The summed E-state index contributed by atoms with van der Waals surface area (Å²) >= 11 is 0. The standard InChI is InChI=1S/2Ca.H4O7P2.H2O4S.4H/c;;1-8(2,3)7-9(4,5)6;1-5(2,3)4;;;;/h;;(H2,1,2,3)(H2,4,5,6);(H2,1,2,3,4);;;;. The van der Waals surface area contributed by atoms with Crippen LogP contribution in [0.15, 0.2) is 0 Å². The predicted molar refractivity (Wildman–Crippen MR) is 56.4 cm³/mol. The fraction of sp³-hybridized carbons (Fsp3) is 0. The van der Waals surface area contributed by atoms with Gasteiger partial charge >= 0.3 is 102 Å². The molecule has 0 aliphatic carbocycles. The van der Waals surface area contributed by atoms with Gasteiger partial charge in [0.25, 0.3) is 0 Å². The SMILES string of the molecule is O=P(O)(O)OP(=O)(O)O.O=S(=O)(O)O.[CaH2].[CaH2]. The molecule has 0 heterocycles. The van der Waals surface area contributed by atoms with Gasteiger partial charge in [-0.15, -0.1) is 0 Å². The summed E-state index contributed by atoms with van der Waals surface area (Å²) in [6.45, 7) is 0. The molecule has 0 saturated heterocycles. The van der Waals surface area contributed by atoms with E-state index in [1.807, 2.05) is 0 Å². The van der Waals surface area contributed by atoms with Crippen LogP contribution in [0.25, 0.3) is 0 Å². The van der Waals surface area contributed by atoms with E-state index < -0.39 is 26.0 Å². The minimum atomic E-state index is -5.05. The third-order valence-electron chi connectivity index (χ3n) is 0.213. The van der Waals surface area contributed by atoms with Gasteiger partial charge in [-0.05, 0) is 0 Å². The van der Waals surface area contributed by atoms with Crippen LogP contribution in [-0.4, -0.2) is 113 Å². The molecule has 0 unspecified atom stereocenters. The van der Waals surface area contributed by atoms with E-state index in [9.17, 15) is 9.13 Å². The Bertz CT molecular complexity index is 316.